The molecule has 1 saturated carbocycles. The second-order valence-corrected chi connectivity index (χ2v) is 6.80. The number of allylic oxidation sites excluding steroid dienone is 2. The van der Waals surface area contributed by atoms with E-state index in [0.29, 0.717) is 30.7 Å². The zero-order valence-electron chi connectivity index (χ0n) is 14.1. The highest BCUT2D eigenvalue weighted by molar-refractivity contribution is 5.33. The van der Waals surface area contributed by atoms with Gasteiger partial charge in [0.05, 0.1) is 6.42 Å². The Kier molecular flexibility index (Phi) is 6.58. The Bertz CT molecular complexity index is 609. The van der Waals surface area contributed by atoms with E-state index >= 15 is 0 Å². The van der Waals surface area contributed by atoms with E-state index in [1.165, 1.54) is 0 Å². The molecule has 1 aromatic rings. The lowest BCUT2D eigenvalue weighted by Crippen LogP contribution is -2.16. The first kappa shape index (κ1) is 19.9. The molecule has 0 amide bonds. The molecule has 0 aliphatic heterocycles. The van der Waals surface area contributed by atoms with Crippen molar-refractivity contribution in [2.75, 3.05) is 0 Å². The summed E-state index contributed by atoms with van der Waals surface area (Å²) in [6, 6.07) is 1.03. The number of halogens is 6. The molecular weight excluding hydrogens is 342 g/mol. The van der Waals surface area contributed by atoms with Gasteiger partial charge in [0.15, 0.2) is 17.5 Å². The lowest BCUT2D eigenvalue weighted by molar-refractivity contribution is -0.125. The molecule has 1 aliphatic carbocycles. The average molecular weight is 364 g/mol. The summed E-state index contributed by atoms with van der Waals surface area (Å²) in [5.41, 5.74) is 0.692. The number of aryl methyl sites for hydroxylation is 1. The molecular formula is C19H22F6. The smallest absolute Gasteiger partial charge is 0.204 e. The van der Waals surface area contributed by atoms with Crippen LogP contribution in [0.1, 0.15) is 62.0 Å². The maximum Gasteiger partial charge on any atom is 0.392 e. The topological polar surface area (TPSA) is 0 Å². The molecule has 0 bridgehead atoms. The Morgan fingerprint density at radius 2 is 1.64 bits per heavy atom. The van der Waals surface area contributed by atoms with Gasteiger partial charge in [-0.25, -0.2) is 13.2 Å². The molecule has 1 fully saturated rings. The third-order valence-corrected chi connectivity index (χ3v) is 4.92. The molecule has 2 rings (SSSR count). The van der Waals surface area contributed by atoms with Crippen LogP contribution in [0, 0.1) is 30.3 Å². The van der Waals surface area contributed by atoms with Gasteiger partial charge in [-0.1, -0.05) is 12.2 Å². The minimum atomic E-state index is -4.17. The predicted molar refractivity (Wildman–Crippen MR) is 84.8 cm³/mol. The molecule has 1 aliphatic rings. The first-order chi connectivity index (χ1) is 11.7. The number of benzene rings is 1. The van der Waals surface area contributed by atoms with Gasteiger partial charge >= 0.3 is 6.18 Å². The highest BCUT2D eigenvalue weighted by Gasteiger charge is 2.28. The summed E-state index contributed by atoms with van der Waals surface area (Å²) >= 11 is 0. The average Bonchev–Trinajstić information content (AvgIpc) is 2.53. The number of rotatable bonds is 5. The van der Waals surface area contributed by atoms with E-state index in [2.05, 4.69) is 0 Å². The molecule has 6 heteroatoms. The van der Waals surface area contributed by atoms with Gasteiger partial charge in [-0.05, 0) is 74.5 Å². The van der Waals surface area contributed by atoms with Crippen LogP contribution in [0.15, 0.2) is 18.2 Å². The SMILES string of the molecule is Cc1cc(F)c(F)c(F)c1C1CCC(CCC=CCC(F)(F)F)CC1. The highest BCUT2D eigenvalue weighted by Crippen LogP contribution is 2.40. The maximum atomic E-state index is 14.1. The van der Waals surface area contributed by atoms with Crippen LogP contribution in [0.25, 0.3) is 0 Å². The van der Waals surface area contributed by atoms with Crippen LogP contribution in [0.3, 0.4) is 0 Å². The summed E-state index contributed by atoms with van der Waals surface area (Å²) < 4.78 is 76.9. The van der Waals surface area contributed by atoms with Crippen molar-refractivity contribution >= 4 is 0 Å². The van der Waals surface area contributed by atoms with Crippen molar-refractivity contribution in [2.24, 2.45) is 5.92 Å². The van der Waals surface area contributed by atoms with Gasteiger partial charge in [0.2, 0.25) is 0 Å². The summed E-state index contributed by atoms with van der Waals surface area (Å²) in [6.07, 6.45) is 1.99. The van der Waals surface area contributed by atoms with E-state index in [9.17, 15) is 26.3 Å². The lowest BCUT2D eigenvalue weighted by atomic mass is 9.76. The summed E-state index contributed by atoms with van der Waals surface area (Å²) in [7, 11) is 0. The minimum Gasteiger partial charge on any atom is -0.204 e. The molecule has 0 unspecified atom stereocenters. The van der Waals surface area contributed by atoms with Crippen molar-refractivity contribution in [3.8, 4) is 0 Å². The molecule has 0 radical (unpaired) electrons. The van der Waals surface area contributed by atoms with Gasteiger partial charge < -0.3 is 0 Å². The maximum absolute atomic E-state index is 14.1. The van der Waals surface area contributed by atoms with Crippen LogP contribution in [0.5, 0.6) is 0 Å². The molecule has 0 saturated heterocycles. The molecule has 0 heterocycles. The van der Waals surface area contributed by atoms with Crippen molar-refractivity contribution in [3.63, 3.8) is 0 Å². The van der Waals surface area contributed by atoms with Crippen LogP contribution in [0.4, 0.5) is 26.3 Å². The van der Waals surface area contributed by atoms with Gasteiger partial charge in [-0.3, -0.25) is 0 Å². The summed E-state index contributed by atoms with van der Waals surface area (Å²) in [4.78, 5) is 0. The van der Waals surface area contributed by atoms with Crippen molar-refractivity contribution in [1.82, 2.24) is 0 Å². The molecule has 0 atom stereocenters. The van der Waals surface area contributed by atoms with Crippen molar-refractivity contribution in [2.45, 2.75) is 64.0 Å². The fourth-order valence-corrected chi connectivity index (χ4v) is 3.64. The van der Waals surface area contributed by atoms with Gasteiger partial charge in [0.1, 0.15) is 0 Å². The van der Waals surface area contributed by atoms with Gasteiger partial charge in [-0.2, -0.15) is 13.2 Å². The van der Waals surface area contributed by atoms with Gasteiger partial charge in [0.25, 0.3) is 0 Å². The molecule has 0 aromatic heterocycles. The fourth-order valence-electron chi connectivity index (χ4n) is 3.64. The van der Waals surface area contributed by atoms with E-state index in [-0.39, 0.29) is 11.5 Å². The van der Waals surface area contributed by atoms with E-state index in [0.717, 1.165) is 31.4 Å². The summed E-state index contributed by atoms with van der Waals surface area (Å²) in [5, 5.41) is 0. The van der Waals surface area contributed by atoms with E-state index in [1.807, 2.05) is 0 Å². The third kappa shape index (κ3) is 5.51. The Morgan fingerprint density at radius 1 is 1.00 bits per heavy atom. The normalized spacial score (nSPS) is 21.9. The zero-order chi connectivity index (χ0) is 18.6. The Hall–Kier alpha value is -1.46. The molecule has 140 valence electrons. The molecule has 1 aromatic carbocycles. The standard InChI is InChI=1S/C19H22F6/c1-12-11-15(20)17(21)18(22)16(12)14-8-6-13(7-9-14)5-3-2-4-10-19(23,24)25/h2,4,11,13-14H,3,5-10H2,1H3. The largest absolute Gasteiger partial charge is 0.392 e. The Morgan fingerprint density at radius 3 is 2.24 bits per heavy atom. The monoisotopic (exact) mass is 364 g/mol. The zero-order valence-corrected chi connectivity index (χ0v) is 14.1. The van der Waals surface area contributed by atoms with Gasteiger partial charge in [0, 0.05) is 0 Å². The fraction of sp³-hybridized carbons (Fsp3) is 0.579. The molecule has 0 spiro atoms. The number of hydrogen-bond acceptors (Lipinski definition) is 0. The third-order valence-electron chi connectivity index (χ3n) is 4.92. The van der Waals surface area contributed by atoms with Crippen LogP contribution in [-0.4, -0.2) is 6.18 Å². The Balaban J connectivity index is 1.85. The van der Waals surface area contributed by atoms with Crippen molar-refractivity contribution in [1.29, 1.82) is 0 Å². The van der Waals surface area contributed by atoms with Crippen LogP contribution >= 0.6 is 0 Å². The quantitative estimate of drug-likeness (QED) is 0.300. The number of hydrogen-bond donors (Lipinski definition) is 0. The van der Waals surface area contributed by atoms with E-state index < -0.39 is 30.0 Å². The minimum absolute atomic E-state index is 0.132. The summed E-state index contributed by atoms with van der Waals surface area (Å²) in [5.74, 6) is -3.43. The van der Waals surface area contributed by atoms with Crippen molar-refractivity contribution in [3.05, 3.63) is 46.8 Å². The first-order valence-corrected chi connectivity index (χ1v) is 8.54. The predicted octanol–water partition coefficient (Wildman–Crippen LogP) is 6.97. The van der Waals surface area contributed by atoms with Crippen LogP contribution in [0.2, 0.25) is 0 Å². The molecule has 0 N–H and O–H groups in total. The lowest BCUT2D eigenvalue weighted by Gasteiger charge is -2.30. The van der Waals surface area contributed by atoms with Crippen LogP contribution in [-0.2, 0) is 0 Å². The van der Waals surface area contributed by atoms with Crippen molar-refractivity contribution < 1.29 is 26.3 Å². The molecule has 25 heavy (non-hydrogen) atoms. The second-order valence-electron chi connectivity index (χ2n) is 6.80. The van der Waals surface area contributed by atoms with E-state index in [1.54, 1.807) is 13.0 Å². The van der Waals surface area contributed by atoms with Crippen LogP contribution < -0.4 is 0 Å². The molecule has 0 nitrogen and oxygen atoms in total. The van der Waals surface area contributed by atoms with E-state index in [4.69, 9.17) is 0 Å². The first-order valence-electron chi connectivity index (χ1n) is 8.54. The Labute approximate surface area is 143 Å². The highest BCUT2D eigenvalue weighted by atomic mass is 19.4. The summed E-state index contributed by atoms with van der Waals surface area (Å²) in [6.45, 7) is 1.58. The number of alkyl halides is 3. The second kappa shape index (κ2) is 8.28. The van der Waals surface area contributed by atoms with Gasteiger partial charge in [-0.15, -0.1) is 0 Å².